The number of hydrogen-bond donors (Lipinski definition) is 0. The second-order valence-corrected chi connectivity index (χ2v) is 9.02. The number of aromatic nitrogens is 1. The number of nitrogens with zero attached hydrogens (tertiary/aromatic N) is 4. The van der Waals surface area contributed by atoms with Gasteiger partial charge >= 0.3 is 23.4 Å². The summed E-state index contributed by atoms with van der Waals surface area (Å²) in [7, 11) is 0. The molecule has 0 amide bonds. The third kappa shape index (κ3) is 8.59. The maximum absolute atomic E-state index is 12.7. The van der Waals surface area contributed by atoms with Gasteiger partial charge in [-0.25, -0.2) is 0 Å². The Balaban J connectivity index is 2.43. The smallest absolute Gasteiger partial charge is 0.446 e. The number of azide groups is 1. The molecular formula is C18H19F3N4O7S2. The molecule has 5 atom stereocenters. The van der Waals surface area contributed by atoms with Gasteiger partial charge in [-0.15, -0.1) is 0 Å². The molecule has 0 aliphatic carbocycles. The van der Waals surface area contributed by atoms with Crippen LogP contribution in [0.25, 0.3) is 10.4 Å². The third-order valence-corrected chi connectivity index (χ3v) is 5.83. The number of thioether (sulfide) groups is 2. The van der Waals surface area contributed by atoms with Crippen molar-refractivity contribution < 1.29 is 46.5 Å². The number of carbonyl (C=O) groups excluding carboxylic acids is 3. The Hall–Kier alpha value is -2.68. The minimum Gasteiger partial charge on any atom is -0.463 e. The fourth-order valence-corrected chi connectivity index (χ4v) is 4.73. The molecule has 1 aliphatic rings. The van der Waals surface area contributed by atoms with Crippen LogP contribution >= 0.6 is 23.5 Å². The van der Waals surface area contributed by atoms with E-state index < -0.39 is 59.8 Å². The van der Waals surface area contributed by atoms with Crippen molar-refractivity contribution in [3.8, 4) is 0 Å². The van der Waals surface area contributed by atoms with Gasteiger partial charge in [-0.2, -0.15) is 13.2 Å². The summed E-state index contributed by atoms with van der Waals surface area (Å²) in [6, 6.07) is -0.100. The maximum atomic E-state index is 12.7. The molecular weight excluding hydrogens is 505 g/mol. The standard InChI is InChI=1S/C18H19F3N4O7S2/c1-8(26)29-7-13-15(30-9(2)27)14(24-25-22)16(31-10(3)28)17(32-13)33-11-4-12(6-23-5-11)34-18(19,20)21/h4-6,13-17H,7H2,1-3H3/t13?,14?,15-,16?,17+/m0/s1. The number of alkyl halides is 3. The molecule has 3 unspecified atom stereocenters. The number of halogens is 3. The quantitative estimate of drug-likeness (QED) is 0.123. The van der Waals surface area contributed by atoms with Crippen LogP contribution in [0.15, 0.2) is 33.4 Å². The van der Waals surface area contributed by atoms with Crippen LogP contribution in [-0.2, 0) is 33.3 Å². The molecule has 0 saturated carbocycles. The van der Waals surface area contributed by atoms with Gasteiger partial charge in [-0.05, 0) is 23.4 Å². The second-order valence-electron chi connectivity index (χ2n) is 6.71. The molecule has 1 aliphatic heterocycles. The van der Waals surface area contributed by atoms with Crippen molar-refractivity contribution in [2.45, 2.75) is 65.9 Å². The minimum absolute atomic E-state index is 0.196. The van der Waals surface area contributed by atoms with Crippen molar-refractivity contribution in [1.29, 1.82) is 0 Å². The molecule has 2 heterocycles. The minimum atomic E-state index is -4.54. The fraction of sp³-hybridized carbons (Fsp3) is 0.556. The molecule has 186 valence electrons. The van der Waals surface area contributed by atoms with Gasteiger partial charge in [-0.3, -0.25) is 19.4 Å². The second kappa shape index (κ2) is 12.1. The molecule has 0 N–H and O–H groups in total. The topological polar surface area (TPSA) is 150 Å². The van der Waals surface area contributed by atoms with Crippen molar-refractivity contribution in [1.82, 2.24) is 4.98 Å². The highest BCUT2D eigenvalue weighted by Gasteiger charge is 2.50. The van der Waals surface area contributed by atoms with Gasteiger partial charge in [0.05, 0.1) is 0 Å². The summed E-state index contributed by atoms with van der Waals surface area (Å²) in [5.74, 6) is -2.22. The Kier molecular flexibility index (Phi) is 9.85. The van der Waals surface area contributed by atoms with Crippen molar-refractivity contribution in [2.75, 3.05) is 6.61 Å². The van der Waals surface area contributed by atoms with Gasteiger partial charge in [0.2, 0.25) is 0 Å². The lowest BCUT2D eigenvalue weighted by atomic mass is 9.97. The first kappa shape index (κ1) is 27.6. The third-order valence-electron chi connectivity index (χ3n) is 4.03. The van der Waals surface area contributed by atoms with Gasteiger partial charge in [0.25, 0.3) is 0 Å². The van der Waals surface area contributed by atoms with Crippen LogP contribution in [0.3, 0.4) is 0 Å². The van der Waals surface area contributed by atoms with Crippen molar-refractivity contribution in [3.05, 3.63) is 28.9 Å². The summed E-state index contributed by atoms with van der Waals surface area (Å²) in [5.41, 5.74) is 3.38. The van der Waals surface area contributed by atoms with Gasteiger partial charge < -0.3 is 18.9 Å². The van der Waals surface area contributed by atoms with Crippen LogP contribution in [0, 0.1) is 0 Å². The molecule has 1 saturated heterocycles. The van der Waals surface area contributed by atoms with E-state index in [2.05, 4.69) is 15.0 Å². The highest BCUT2D eigenvalue weighted by atomic mass is 32.2. The summed E-state index contributed by atoms with van der Waals surface area (Å²) >= 11 is 0.469. The van der Waals surface area contributed by atoms with Crippen LogP contribution in [-0.4, -0.2) is 64.8 Å². The monoisotopic (exact) mass is 524 g/mol. The predicted molar refractivity (Wildman–Crippen MR) is 111 cm³/mol. The molecule has 16 heteroatoms. The molecule has 0 spiro atoms. The fourth-order valence-electron chi connectivity index (χ4n) is 2.96. The van der Waals surface area contributed by atoms with E-state index in [0.717, 1.165) is 38.7 Å². The molecule has 1 aromatic heterocycles. The molecule has 11 nitrogen and oxygen atoms in total. The molecule has 1 aromatic rings. The molecule has 34 heavy (non-hydrogen) atoms. The number of hydrogen-bond acceptors (Lipinski definition) is 11. The van der Waals surface area contributed by atoms with E-state index in [-0.39, 0.29) is 21.6 Å². The number of carbonyl (C=O) groups is 3. The zero-order valence-electron chi connectivity index (χ0n) is 17.9. The average Bonchev–Trinajstić information content (AvgIpc) is 2.69. The first-order chi connectivity index (χ1) is 15.9. The lowest BCUT2D eigenvalue weighted by molar-refractivity contribution is -0.201. The first-order valence-corrected chi connectivity index (χ1v) is 11.1. The van der Waals surface area contributed by atoms with Crippen LogP contribution in [0.5, 0.6) is 0 Å². The summed E-state index contributed by atoms with van der Waals surface area (Å²) in [6.07, 6.45) is -1.46. The zero-order valence-corrected chi connectivity index (χ0v) is 19.6. The van der Waals surface area contributed by atoms with E-state index in [9.17, 15) is 27.6 Å². The van der Waals surface area contributed by atoms with E-state index in [4.69, 9.17) is 24.5 Å². The number of ether oxygens (including phenoxy) is 4. The highest BCUT2D eigenvalue weighted by Crippen LogP contribution is 2.40. The largest absolute Gasteiger partial charge is 0.463 e. The normalized spacial score (nSPS) is 24.5. The van der Waals surface area contributed by atoms with Gasteiger partial charge in [0.1, 0.15) is 36.4 Å². The Morgan fingerprint density at radius 2 is 1.74 bits per heavy atom. The highest BCUT2D eigenvalue weighted by molar-refractivity contribution is 8.00. The Labute approximate surface area is 199 Å². The summed E-state index contributed by atoms with van der Waals surface area (Å²) in [5, 5.41) is 3.61. The van der Waals surface area contributed by atoms with Crippen molar-refractivity contribution in [2.24, 2.45) is 5.11 Å². The molecule has 0 radical (unpaired) electrons. The first-order valence-electron chi connectivity index (χ1n) is 9.44. The lowest BCUT2D eigenvalue weighted by Gasteiger charge is -2.43. The zero-order chi connectivity index (χ0) is 25.5. The summed E-state index contributed by atoms with van der Waals surface area (Å²) in [6.45, 7) is 2.91. The molecule has 0 bridgehead atoms. The Bertz CT molecular complexity index is 962. The van der Waals surface area contributed by atoms with Crippen LogP contribution in [0.4, 0.5) is 13.2 Å². The summed E-state index contributed by atoms with van der Waals surface area (Å²) in [4.78, 5) is 41.3. The SMILES string of the molecule is CC(=O)OCC1O[C@H](Sc2cncc(SC(F)(F)F)c2)C(OC(C)=O)C(N=[N+]=[N-])[C@H]1OC(C)=O. The van der Waals surface area contributed by atoms with E-state index in [0.29, 0.717) is 0 Å². The lowest BCUT2D eigenvalue weighted by Crippen LogP contribution is -2.59. The predicted octanol–water partition coefficient (Wildman–Crippen LogP) is 3.62. The van der Waals surface area contributed by atoms with Crippen LogP contribution < -0.4 is 0 Å². The van der Waals surface area contributed by atoms with E-state index in [1.807, 2.05) is 0 Å². The molecule has 2 rings (SSSR count). The Morgan fingerprint density at radius 1 is 1.12 bits per heavy atom. The van der Waals surface area contributed by atoms with E-state index in [1.54, 1.807) is 0 Å². The van der Waals surface area contributed by atoms with Gasteiger partial charge in [0, 0.05) is 47.9 Å². The van der Waals surface area contributed by atoms with E-state index >= 15 is 0 Å². The number of pyridine rings is 1. The maximum Gasteiger partial charge on any atom is 0.446 e. The van der Waals surface area contributed by atoms with Gasteiger partial charge in [0.15, 0.2) is 0 Å². The molecule has 0 aromatic carbocycles. The summed E-state index contributed by atoms with van der Waals surface area (Å²) < 4.78 is 59.6. The average molecular weight is 524 g/mol. The van der Waals surface area contributed by atoms with Crippen LogP contribution in [0.1, 0.15) is 20.8 Å². The number of esters is 3. The van der Waals surface area contributed by atoms with E-state index in [1.165, 1.54) is 12.3 Å². The van der Waals surface area contributed by atoms with Crippen molar-refractivity contribution in [3.63, 3.8) is 0 Å². The molecule has 1 fully saturated rings. The Morgan fingerprint density at radius 3 is 2.29 bits per heavy atom. The van der Waals surface area contributed by atoms with Crippen molar-refractivity contribution >= 4 is 41.4 Å². The van der Waals surface area contributed by atoms with Gasteiger partial charge in [-0.1, -0.05) is 16.9 Å². The number of rotatable bonds is 8. The van der Waals surface area contributed by atoms with Crippen LogP contribution in [0.2, 0.25) is 0 Å².